The molecule has 1 aliphatic rings. The summed E-state index contributed by atoms with van der Waals surface area (Å²) in [4.78, 5) is 25.9. The van der Waals surface area contributed by atoms with E-state index in [0.29, 0.717) is 52.9 Å². The molecule has 0 heterocycles. The van der Waals surface area contributed by atoms with Crippen LogP contribution in [0.15, 0.2) is 53.7 Å². The Hall–Kier alpha value is -3.37. The number of rotatable bonds is 6. The summed E-state index contributed by atoms with van der Waals surface area (Å²) in [6.07, 6.45) is 0.795. The normalized spacial score (nSPS) is 14.9. The molecule has 1 amide bonds. The molecule has 6 nitrogen and oxygen atoms in total. The highest BCUT2D eigenvalue weighted by atomic mass is 35.5. The van der Waals surface area contributed by atoms with Crippen molar-refractivity contribution in [2.24, 2.45) is 0 Å². The van der Waals surface area contributed by atoms with Crippen LogP contribution in [-0.2, 0) is 16.2 Å². The molecule has 0 bridgehead atoms. The van der Waals surface area contributed by atoms with Crippen molar-refractivity contribution in [1.29, 1.82) is 5.26 Å². The number of hydrogen-bond acceptors (Lipinski definition) is 5. The summed E-state index contributed by atoms with van der Waals surface area (Å²) in [6, 6.07) is 12.7. The summed E-state index contributed by atoms with van der Waals surface area (Å²) in [5, 5.41) is 15.5. The molecule has 1 atom stereocenters. The number of nitrogens with one attached hydrogen (secondary N) is 2. The van der Waals surface area contributed by atoms with E-state index in [-0.39, 0.29) is 10.8 Å². The highest BCUT2D eigenvalue weighted by Crippen LogP contribution is 2.36. The van der Waals surface area contributed by atoms with Crippen LogP contribution < -0.4 is 10.6 Å². The molecule has 8 heteroatoms. The van der Waals surface area contributed by atoms with Crippen LogP contribution in [0.4, 0.5) is 14.9 Å². The molecule has 1 unspecified atom stereocenters. The Bertz CT molecular complexity index is 1160. The molecule has 3 rings (SSSR count). The Labute approximate surface area is 203 Å². The van der Waals surface area contributed by atoms with Crippen LogP contribution in [0.3, 0.4) is 0 Å². The first kappa shape index (κ1) is 25.3. The first-order valence-corrected chi connectivity index (χ1v) is 11.4. The molecule has 0 aromatic heterocycles. The molecule has 0 fully saturated rings. The molecule has 0 saturated carbocycles. The average Bonchev–Trinajstić information content (AvgIpc) is 2.77. The third-order valence-corrected chi connectivity index (χ3v) is 5.55. The molecule has 2 aromatic rings. The van der Waals surface area contributed by atoms with E-state index in [0.717, 1.165) is 0 Å². The van der Waals surface area contributed by atoms with E-state index in [1.807, 2.05) is 6.07 Å². The molecule has 2 N–H and O–H groups in total. The third-order valence-electron chi connectivity index (χ3n) is 5.22. The summed E-state index contributed by atoms with van der Waals surface area (Å²) in [7, 11) is 0. The van der Waals surface area contributed by atoms with Gasteiger partial charge in [-0.15, -0.1) is 0 Å². The van der Waals surface area contributed by atoms with Gasteiger partial charge in [-0.2, -0.15) is 5.26 Å². The van der Waals surface area contributed by atoms with E-state index in [4.69, 9.17) is 16.3 Å². The van der Waals surface area contributed by atoms with Crippen LogP contribution in [0, 0.1) is 11.3 Å². The van der Waals surface area contributed by atoms with Gasteiger partial charge in [0.1, 0.15) is 12.3 Å². The van der Waals surface area contributed by atoms with E-state index < -0.39 is 24.4 Å². The van der Waals surface area contributed by atoms with Crippen LogP contribution in [0.1, 0.15) is 62.8 Å². The van der Waals surface area contributed by atoms with Gasteiger partial charge < -0.3 is 15.4 Å². The number of ketones is 1. The van der Waals surface area contributed by atoms with Gasteiger partial charge in [0, 0.05) is 28.4 Å². The standard InChI is InChI=1S/C26H27ClFN3O3/c1-26(2,3)34-25(33)31-24(19-11-10-17(15-29)13-20(19)27)23-21(8-5-9-22(23)32)30-18-7-4-6-16(12-18)14-28/h4,6-7,10-13,24,30H,5,8-9,14H2,1-3H3,(H,31,33). The highest BCUT2D eigenvalue weighted by Gasteiger charge is 2.33. The van der Waals surface area contributed by atoms with E-state index in [9.17, 15) is 19.2 Å². The van der Waals surface area contributed by atoms with Crippen molar-refractivity contribution in [2.75, 3.05) is 5.32 Å². The zero-order chi connectivity index (χ0) is 24.9. The smallest absolute Gasteiger partial charge is 0.408 e. The fourth-order valence-electron chi connectivity index (χ4n) is 3.80. The van der Waals surface area contributed by atoms with Crippen molar-refractivity contribution in [1.82, 2.24) is 5.32 Å². The van der Waals surface area contributed by atoms with Gasteiger partial charge in [-0.25, -0.2) is 9.18 Å². The Morgan fingerprint density at radius 2 is 2.00 bits per heavy atom. The number of allylic oxidation sites excluding steroid dienone is 1. The second-order valence-electron chi connectivity index (χ2n) is 9.06. The number of halogens is 2. The van der Waals surface area contributed by atoms with Gasteiger partial charge in [0.05, 0.1) is 17.7 Å². The minimum absolute atomic E-state index is 0.142. The van der Waals surface area contributed by atoms with E-state index >= 15 is 0 Å². The SMILES string of the molecule is CC(C)(C)OC(=O)NC(C1=C(Nc2cccc(CF)c2)CCCC1=O)c1ccc(C#N)cc1Cl. The minimum atomic E-state index is -0.908. The van der Waals surface area contributed by atoms with Gasteiger partial charge in [-0.05, 0) is 69.0 Å². The van der Waals surface area contributed by atoms with Gasteiger partial charge in [-0.1, -0.05) is 29.8 Å². The van der Waals surface area contributed by atoms with Gasteiger partial charge in [-0.3, -0.25) is 4.79 Å². The lowest BCUT2D eigenvalue weighted by atomic mass is 9.86. The second-order valence-corrected chi connectivity index (χ2v) is 9.46. The van der Waals surface area contributed by atoms with Crippen molar-refractivity contribution < 1.29 is 18.7 Å². The Balaban J connectivity index is 2.10. The number of nitriles is 1. The number of hydrogen-bond donors (Lipinski definition) is 2. The molecule has 0 aliphatic heterocycles. The third kappa shape index (κ3) is 6.36. The zero-order valence-electron chi connectivity index (χ0n) is 19.4. The van der Waals surface area contributed by atoms with Crippen molar-refractivity contribution in [3.8, 4) is 6.07 Å². The first-order chi connectivity index (χ1) is 16.1. The van der Waals surface area contributed by atoms with E-state index in [2.05, 4.69) is 10.6 Å². The molecular formula is C26H27ClFN3O3. The maximum Gasteiger partial charge on any atom is 0.408 e. The maximum absolute atomic E-state index is 13.2. The molecular weight excluding hydrogens is 457 g/mol. The highest BCUT2D eigenvalue weighted by molar-refractivity contribution is 6.31. The van der Waals surface area contributed by atoms with Crippen molar-refractivity contribution in [2.45, 2.75) is 58.4 Å². The lowest BCUT2D eigenvalue weighted by Gasteiger charge is -2.30. The molecule has 2 aromatic carbocycles. The molecule has 0 radical (unpaired) electrons. The van der Waals surface area contributed by atoms with Crippen LogP contribution in [0.5, 0.6) is 0 Å². The number of ether oxygens (including phenoxy) is 1. The van der Waals surface area contributed by atoms with Crippen molar-refractivity contribution in [3.05, 3.63) is 75.4 Å². The maximum atomic E-state index is 13.2. The van der Waals surface area contributed by atoms with Crippen LogP contribution in [0.2, 0.25) is 5.02 Å². The molecule has 178 valence electrons. The Morgan fingerprint density at radius 1 is 1.24 bits per heavy atom. The van der Waals surface area contributed by atoms with Gasteiger partial charge >= 0.3 is 6.09 Å². The van der Waals surface area contributed by atoms with E-state index in [1.54, 1.807) is 57.2 Å². The van der Waals surface area contributed by atoms with Crippen molar-refractivity contribution >= 4 is 29.2 Å². The Morgan fingerprint density at radius 3 is 2.65 bits per heavy atom. The van der Waals surface area contributed by atoms with E-state index in [1.165, 1.54) is 6.07 Å². The summed E-state index contributed by atoms with van der Waals surface area (Å²) >= 11 is 6.49. The monoisotopic (exact) mass is 483 g/mol. The number of amides is 1. The lowest BCUT2D eigenvalue weighted by molar-refractivity contribution is -0.116. The van der Waals surface area contributed by atoms with Crippen LogP contribution in [-0.4, -0.2) is 17.5 Å². The average molecular weight is 484 g/mol. The minimum Gasteiger partial charge on any atom is -0.444 e. The predicted molar refractivity (Wildman–Crippen MR) is 129 cm³/mol. The first-order valence-electron chi connectivity index (χ1n) is 11.0. The molecule has 0 saturated heterocycles. The summed E-state index contributed by atoms with van der Waals surface area (Å²) in [6.45, 7) is 4.62. The number of alkyl halides is 1. The fraction of sp³-hybridized carbons (Fsp3) is 0.346. The van der Waals surface area contributed by atoms with Gasteiger partial charge in [0.25, 0.3) is 0 Å². The molecule has 1 aliphatic carbocycles. The molecule has 34 heavy (non-hydrogen) atoms. The largest absolute Gasteiger partial charge is 0.444 e. The quantitative estimate of drug-likeness (QED) is 0.498. The van der Waals surface area contributed by atoms with Gasteiger partial charge in [0.15, 0.2) is 5.78 Å². The number of carbonyl (C=O) groups excluding carboxylic acids is 2. The number of alkyl carbamates (subject to hydrolysis) is 1. The Kier molecular flexibility index (Phi) is 7.95. The number of benzene rings is 2. The zero-order valence-corrected chi connectivity index (χ0v) is 20.1. The predicted octanol–water partition coefficient (Wildman–Crippen LogP) is 6.37. The van der Waals surface area contributed by atoms with Gasteiger partial charge in [0.2, 0.25) is 0 Å². The number of anilines is 1. The number of Topliss-reactive ketones (excluding diaryl/α,β-unsaturated/α-hetero) is 1. The second kappa shape index (κ2) is 10.7. The summed E-state index contributed by atoms with van der Waals surface area (Å²) in [5.74, 6) is -0.142. The lowest BCUT2D eigenvalue weighted by Crippen LogP contribution is -2.38. The molecule has 0 spiro atoms. The number of carbonyl (C=O) groups is 2. The van der Waals surface area contributed by atoms with Crippen LogP contribution >= 0.6 is 11.6 Å². The summed E-state index contributed by atoms with van der Waals surface area (Å²) in [5.41, 5.74) is 2.20. The summed E-state index contributed by atoms with van der Waals surface area (Å²) < 4.78 is 18.6. The topological polar surface area (TPSA) is 91.2 Å². The van der Waals surface area contributed by atoms with Crippen molar-refractivity contribution in [3.63, 3.8) is 0 Å². The fourth-order valence-corrected chi connectivity index (χ4v) is 4.09. The number of nitrogens with zero attached hydrogens (tertiary/aromatic N) is 1. The van der Waals surface area contributed by atoms with Crippen LogP contribution in [0.25, 0.3) is 0 Å².